The summed E-state index contributed by atoms with van der Waals surface area (Å²) in [4.78, 5) is 11.8. The molecule has 0 fully saturated rings. The zero-order valence-corrected chi connectivity index (χ0v) is 16.2. The maximum Gasteiger partial charge on any atom is 0.341 e. The monoisotopic (exact) mass is 392 g/mol. The summed E-state index contributed by atoms with van der Waals surface area (Å²) >= 11 is 0. The van der Waals surface area contributed by atoms with Gasteiger partial charge in [0.2, 0.25) is 10.0 Å². The highest BCUT2D eigenvalue weighted by atomic mass is 32.2. The number of methoxy groups -OCH3 is 2. The van der Waals surface area contributed by atoms with Gasteiger partial charge in [-0.25, -0.2) is 13.2 Å². The number of carbonyl (C=O) groups excluding carboxylic acids is 1. The summed E-state index contributed by atoms with van der Waals surface area (Å²) in [5, 5.41) is 0. The van der Waals surface area contributed by atoms with Crippen molar-refractivity contribution in [2.45, 2.75) is 17.9 Å². The summed E-state index contributed by atoms with van der Waals surface area (Å²) in [7, 11) is -1.19. The van der Waals surface area contributed by atoms with Crippen molar-refractivity contribution in [2.24, 2.45) is 5.73 Å². The van der Waals surface area contributed by atoms with Crippen LogP contribution in [-0.2, 0) is 21.3 Å². The Balaban J connectivity index is 2.40. The quantitative estimate of drug-likeness (QED) is 0.656. The van der Waals surface area contributed by atoms with Gasteiger partial charge in [-0.3, -0.25) is 0 Å². The zero-order chi connectivity index (χ0) is 19.9. The molecular formula is C19H24N2O5S. The Labute approximate surface area is 159 Å². The molecule has 0 aliphatic heterocycles. The highest BCUT2D eigenvalue weighted by Crippen LogP contribution is 2.26. The van der Waals surface area contributed by atoms with Gasteiger partial charge in [0.05, 0.1) is 19.1 Å². The lowest BCUT2D eigenvalue weighted by molar-refractivity contribution is 0.0597. The van der Waals surface area contributed by atoms with Crippen LogP contribution in [0.5, 0.6) is 5.75 Å². The maximum atomic E-state index is 13.2. The van der Waals surface area contributed by atoms with E-state index in [4.69, 9.17) is 15.2 Å². The molecule has 0 atom stereocenters. The number of rotatable bonds is 9. The van der Waals surface area contributed by atoms with E-state index in [1.54, 1.807) is 0 Å². The fourth-order valence-corrected chi connectivity index (χ4v) is 4.08. The van der Waals surface area contributed by atoms with E-state index in [0.717, 1.165) is 5.56 Å². The highest BCUT2D eigenvalue weighted by Gasteiger charge is 2.26. The molecule has 2 N–H and O–H groups in total. The van der Waals surface area contributed by atoms with E-state index in [0.29, 0.717) is 13.0 Å². The second kappa shape index (κ2) is 9.50. The number of benzene rings is 2. The van der Waals surface area contributed by atoms with E-state index in [1.165, 1.54) is 36.7 Å². The van der Waals surface area contributed by atoms with E-state index >= 15 is 0 Å². The van der Waals surface area contributed by atoms with Gasteiger partial charge in [-0.2, -0.15) is 4.31 Å². The zero-order valence-electron chi connectivity index (χ0n) is 15.4. The van der Waals surface area contributed by atoms with Crippen molar-refractivity contribution >= 4 is 16.0 Å². The summed E-state index contributed by atoms with van der Waals surface area (Å²) in [6.45, 7) is 0.893. The molecule has 7 nitrogen and oxygen atoms in total. The Morgan fingerprint density at radius 3 is 2.41 bits per heavy atom. The molecule has 2 aromatic carbocycles. The third kappa shape index (κ3) is 5.06. The van der Waals surface area contributed by atoms with Crippen LogP contribution in [0.1, 0.15) is 22.3 Å². The summed E-state index contributed by atoms with van der Waals surface area (Å²) in [6.07, 6.45) is 0.531. The minimum Gasteiger partial charge on any atom is -0.496 e. The molecule has 146 valence electrons. The van der Waals surface area contributed by atoms with Crippen molar-refractivity contribution in [1.82, 2.24) is 4.31 Å². The SMILES string of the molecule is COC(=O)c1ccc(S(=O)(=O)N(CCCN)Cc2ccccc2)cc1OC. The van der Waals surface area contributed by atoms with Gasteiger partial charge in [-0.1, -0.05) is 30.3 Å². The van der Waals surface area contributed by atoms with Gasteiger partial charge >= 0.3 is 5.97 Å². The molecule has 0 amide bonds. The highest BCUT2D eigenvalue weighted by molar-refractivity contribution is 7.89. The third-order valence-corrected chi connectivity index (χ3v) is 5.87. The first-order chi connectivity index (χ1) is 12.9. The standard InChI is InChI=1S/C19H24N2O5S/c1-25-18-13-16(9-10-17(18)19(22)26-2)27(23,24)21(12-6-11-20)14-15-7-4-3-5-8-15/h3-5,7-10,13H,6,11-12,14,20H2,1-2H3. The Kier molecular flexibility index (Phi) is 7.35. The molecule has 0 saturated heterocycles. The molecular weight excluding hydrogens is 368 g/mol. The smallest absolute Gasteiger partial charge is 0.341 e. The number of carbonyl (C=O) groups is 1. The van der Waals surface area contributed by atoms with Gasteiger partial charge in [-0.15, -0.1) is 0 Å². The summed E-state index contributed by atoms with van der Waals surface area (Å²) in [5.41, 5.74) is 6.61. The summed E-state index contributed by atoms with van der Waals surface area (Å²) in [5.74, 6) is -0.457. The molecule has 0 aromatic heterocycles. The second-order valence-corrected chi connectivity index (χ2v) is 7.76. The van der Waals surface area contributed by atoms with E-state index in [1.807, 2.05) is 30.3 Å². The van der Waals surface area contributed by atoms with Crippen LogP contribution in [0.4, 0.5) is 0 Å². The summed E-state index contributed by atoms with van der Waals surface area (Å²) < 4.78 is 37.6. The molecule has 2 aromatic rings. The fraction of sp³-hybridized carbons (Fsp3) is 0.316. The van der Waals surface area contributed by atoms with Crippen molar-refractivity contribution in [3.63, 3.8) is 0 Å². The van der Waals surface area contributed by atoms with Crippen LogP contribution in [0, 0.1) is 0 Å². The van der Waals surface area contributed by atoms with Crippen molar-refractivity contribution in [1.29, 1.82) is 0 Å². The van der Waals surface area contributed by atoms with Gasteiger partial charge in [0.15, 0.2) is 0 Å². The molecule has 0 aliphatic rings. The number of nitrogens with zero attached hydrogens (tertiary/aromatic N) is 1. The molecule has 0 unspecified atom stereocenters. The van der Waals surface area contributed by atoms with E-state index in [-0.39, 0.29) is 29.3 Å². The Morgan fingerprint density at radius 2 is 1.81 bits per heavy atom. The number of nitrogens with two attached hydrogens (primary N) is 1. The van der Waals surface area contributed by atoms with Crippen LogP contribution in [0.3, 0.4) is 0 Å². The maximum absolute atomic E-state index is 13.2. The van der Waals surface area contributed by atoms with Gasteiger partial charge in [0.1, 0.15) is 11.3 Å². The number of sulfonamides is 1. The third-order valence-electron chi connectivity index (χ3n) is 4.03. The molecule has 0 spiro atoms. The number of hydrogen-bond acceptors (Lipinski definition) is 6. The normalized spacial score (nSPS) is 11.4. The van der Waals surface area contributed by atoms with Crippen LogP contribution in [0.2, 0.25) is 0 Å². The molecule has 27 heavy (non-hydrogen) atoms. The van der Waals surface area contributed by atoms with E-state index < -0.39 is 16.0 Å². The predicted molar refractivity (Wildman–Crippen MR) is 102 cm³/mol. The Hall–Kier alpha value is -2.42. The van der Waals surface area contributed by atoms with Crippen molar-refractivity contribution in [3.8, 4) is 5.75 Å². The van der Waals surface area contributed by atoms with E-state index in [2.05, 4.69) is 0 Å². The minimum absolute atomic E-state index is 0.0416. The van der Waals surface area contributed by atoms with Crippen molar-refractivity contribution in [3.05, 3.63) is 59.7 Å². The largest absolute Gasteiger partial charge is 0.496 e. The predicted octanol–water partition coefficient (Wildman–Crippen LogP) is 2.02. The first-order valence-corrected chi connectivity index (χ1v) is 9.88. The van der Waals surface area contributed by atoms with Gasteiger partial charge in [0, 0.05) is 19.2 Å². The lowest BCUT2D eigenvalue weighted by Gasteiger charge is -2.22. The van der Waals surface area contributed by atoms with Crippen LogP contribution in [0.15, 0.2) is 53.4 Å². The molecule has 0 bridgehead atoms. The minimum atomic E-state index is -3.81. The van der Waals surface area contributed by atoms with Gasteiger partial charge < -0.3 is 15.2 Å². The van der Waals surface area contributed by atoms with Crippen LogP contribution in [0.25, 0.3) is 0 Å². The second-order valence-electron chi connectivity index (χ2n) is 5.82. The molecule has 0 heterocycles. The number of esters is 1. The lowest BCUT2D eigenvalue weighted by Crippen LogP contribution is -2.32. The molecule has 8 heteroatoms. The number of ether oxygens (including phenoxy) is 2. The van der Waals surface area contributed by atoms with Gasteiger partial charge in [0.25, 0.3) is 0 Å². The van der Waals surface area contributed by atoms with Crippen molar-refractivity contribution < 1.29 is 22.7 Å². The van der Waals surface area contributed by atoms with Crippen LogP contribution >= 0.6 is 0 Å². The lowest BCUT2D eigenvalue weighted by atomic mass is 10.2. The summed E-state index contributed by atoms with van der Waals surface area (Å²) in [6, 6.07) is 13.4. The first kappa shape index (κ1) is 20.9. The molecule has 0 aliphatic carbocycles. The van der Waals surface area contributed by atoms with Crippen LogP contribution in [-0.4, -0.2) is 46.0 Å². The van der Waals surface area contributed by atoms with E-state index in [9.17, 15) is 13.2 Å². The van der Waals surface area contributed by atoms with Crippen LogP contribution < -0.4 is 10.5 Å². The first-order valence-electron chi connectivity index (χ1n) is 8.44. The average molecular weight is 392 g/mol. The Morgan fingerprint density at radius 1 is 1.11 bits per heavy atom. The van der Waals surface area contributed by atoms with Gasteiger partial charge in [-0.05, 0) is 30.7 Å². The molecule has 0 radical (unpaired) electrons. The molecule has 0 saturated carbocycles. The topological polar surface area (TPSA) is 98.9 Å². The van der Waals surface area contributed by atoms with Crippen molar-refractivity contribution in [2.75, 3.05) is 27.3 Å². The average Bonchev–Trinajstić information content (AvgIpc) is 2.70. The number of hydrogen-bond donors (Lipinski definition) is 1. The fourth-order valence-electron chi connectivity index (χ4n) is 2.60. The Bertz CT molecular complexity index is 869. The molecule has 2 rings (SSSR count).